The Morgan fingerprint density at radius 3 is 2.55 bits per heavy atom. The van der Waals surface area contributed by atoms with E-state index >= 15 is 0 Å². The van der Waals surface area contributed by atoms with Gasteiger partial charge in [0.1, 0.15) is 5.69 Å². The Balaban J connectivity index is 1.94. The van der Waals surface area contributed by atoms with Crippen LogP contribution in [-0.2, 0) is 5.41 Å². The molecule has 0 N–H and O–H groups in total. The minimum absolute atomic E-state index is 0.211. The second-order valence-electron chi connectivity index (χ2n) is 5.91. The molecule has 2 aromatic heterocycles. The minimum atomic E-state index is 0.211. The van der Waals surface area contributed by atoms with Gasteiger partial charge in [-0.15, -0.1) is 0 Å². The summed E-state index contributed by atoms with van der Waals surface area (Å²) >= 11 is 0. The zero-order valence-electron chi connectivity index (χ0n) is 12.0. The quantitative estimate of drug-likeness (QED) is 0.744. The van der Waals surface area contributed by atoms with Crippen LogP contribution >= 0.6 is 0 Å². The van der Waals surface area contributed by atoms with Crippen LogP contribution in [0.25, 0.3) is 0 Å². The molecule has 4 rings (SSSR count). The van der Waals surface area contributed by atoms with Crippen molar-refractivity contribution in [1.82, 2.24) is 19.5 Å². The molecule has 1 saturated carbocycles. The Kier molecular flexibility index (Phi) is 2.18. The standard InChI is InChI=1S/C16H17N4/c1-10-6-14-13(8-17-10)16(4-5-16)9-20(14)15-7-11(2)18-12(3)19-15/h6-9H,4-5H2,1-3H3/q+1. The van der Waals surface area contributed by atoms with Crippen LogP contribution in [0.15, 0.2) is 18.3 Å². The molecule has 0 amide bonds. The van der Waals surface area contributed by atoms with Gasteiger partial charge in [-0.05, 0) is 31.7 Å². The van der Waals surface area contributed by atoms with Crippen LogP contribution in [0.5, 0.6) is 0 Å². The number of aromatic nitrogens is 3. The van der Waals surface area contributed by atoms with Gasteiger partial charge < -0.3 is 0 Å². The highest BCUT2D eigenvalue weighted by Crippen LogP contribution is 2.53. The first-order valence-corrected chi connectivity index (χ1v) is 7.02. The maximum Gasteiger partial charge on any atom is 0.331 e. The first kappa shape index (κ1) is 11.7. The molecule has 0 atom stereocenters. The number of fused-ring (bicyclic) bond motifs is 2. The third kappa shape index (κ3) is 1.60. The van der Waals surface area contributed by atoms with E-state index in [0.29, 0.717) is 0 Å². The second kappa shape index (κ2) is 3.72. The molecule has 1 aliphatic heterocycles. The predicted molar refractivity (Wildman–Crippen MR) is 78.9 cm³/mol. The van der Waals surface area contributed by atoms with Crippen molar-refractivity contribution >= 4 is 17.7 Å². The molecule has 0 saturated heterocycles. The van der Waals surface area contributed by atoms with Crippen LogP contribution in [0.4, 0.5) is 11.5 Å². The van der Waals surface area contributed by atoms with E-state index in [9.17, 15) is 0 Å². The van der Waals surface area contributed by atoms with E-state index in [-0.39, 0.29) is 5.41 Å². The maximum atomic E-state index is 4.60. The fourth-order valence-electron chi connectivity index (χ4n) is 3.06. The van der Waals surface area contributed by atoms with Crippen molar-refractivity contribution in [2.45, 2.75) is 39.0 Å². The Hall–Kier alpha value is -2.10. The van der Waals surface area contributed by atoms with Gasteiger partial charge >= 0.3 is 5.82 Å². The summed E-state index contributed by atoms with van der Waals surface area (Å²) in [5.41, 5.74) is 4.83. The third-order valence-corrected chi connectivity index (χ3v) is 4.18. The SMILES string of the molecule is Cc1cc2c(cn1)C1(C=[N+]2c2cc(C)nc(C)n2)CC1. The van der Waals surface area contributed by atoms with Gasteiger partial charge in [-0.1, -0.05) is 0 Å². The number of hydrogen-bond acceptors (Lipinski definition) is 3. The van der Waals surface area contributed by atoms with Gasteiger partial charge in [0.25, 0.3) is 0 Å². The lowest BCUT2D eigenvalue weighted by molar-refractivity contribution is 0.942. The zero-order chi connectivity index (χ0) is 13.9. The fourth-order valence-corrected chi connectivity index (χ4v) is 3.06. The van der Waals surface area contributed by atoms with Gasteiger partial charge in [0.05, 0.1) is 17.7 Å². The van der Waals surface area contributed by atoms with Crippen molar-refractivity contribution < 1.29 is 0 Å². The van der Waals surface area contributed by atoms with Crippen molar-refractivity contribution in [3.05, 3.63) is 41.1 Å². The molecule has 2 aliphatic rings. The molecular formula is C16H17N4+. The summed E-state index contributed by atoms with van der Waals surface area (Å²) in [6.07, 6.45) is 6.78. The number of aryl methyl sites for hydroxylation is 3. The van der Waals surface area contributed by atoms with Gasteiger partial charge in [0.15, 0.2) is 0 Å². The molecular weight excluding hydrogens is 248 g/mol. The fraction of sp³-hybridized carbons (Fsp3) is 0.375. The molecule has 0 bridgehead atoms. The summed E-state index contributed by atoms with van der Waals surface area (Å²) in [5, 5.41) is 0. The van der Waals surface area contributed by atoms with Gasteiger partial charge in [-0.25, -0.2) is 4.98 Å². The maximum absolute atomic E-state index is 4.60. The zero-order valence-corrected chi connectivity index (χ0v) is 12.0. The number of nitrogens with zero attached hydrogens (tertiary/aromatic N) is 4. The molecule has 3 heterocycles. The monoisotopic (exact) mass is 265 g/mol. The van der Waals surface area contributed by atoms with Crippen molar-refractivity contribution in [3.63, 3.8) is 0 Å². The van der Waals surface area contributed by atoms with E-state index in [0.717, 1.165) is 23.0 Å². The lowest BCUT2D eigenvalue weighted by atomic mass is 10.0. The van der Waals surface area contributed by atoms with E-state index in [1.807, 2.05) is 33.0 Å². The average Bonchev–Trinajstić information content (AvgIpc) is 3.07. The number of rotatable bonds is 1. The van der Waals surface area contributed by atoms with E-state index in [4.69, 9.17) is 0 Å². The first-order valence-electron chi connectivity index (χ1n) is 7.02. The van der Waals surface area contributed by atoms with Crippen LogP contribution in [0.1, 0.15) is 35.6 Å². The van der Waals surface area contributed by atoms with Crippen LogP contribution in [0, 0.1) is 20.8 Å². The van der Waals surface area contributed by atoms with Crippen molar-refractivity contribution in [1.29, 1.82) is 0 Å². The second-order valence-corrected chi connectivity index (χ2v) is 5.91. The Morgan fingerprint density at radius 1 is 1.05 bits per heavy atom. The molecule has 1 aliphatic carbocycles. The summed E-state index contributed by atoms with van der Waals surface area (Å²) < 4.78 is 2.22. The van der Waals surface area contributed by atoms with E-state index in [1.165, 1.54) is 24.1 Å². The number of hydrogen-bond donors (Lipinski definition) is 0. The highest BCUT2D eigenvalue weighted by atomic mass is 15.1. The summed E-state index contributed by atoms with van der Waals surface area (Å²) in [4.78, 5) is 13.4. The van der Waals surface area contributed by atoms with Crippen LogP contribution in [-0.4, -0.2) is 21.2 Å². The van der Waals surface area contributed by atoms with E-state index < -0.39 is 0 Å². The molecule has 0 unspecified atom stereocenters. The molecule has 2 aromatic rings. The predicted octanol–water partition coefficient (Wildman–Crippen LogP) is 2.75. The Labute approximate surface area is 118 Å². The van der Waals surface area contributed by atoms with Gasteiger partial charge in [0, 0.05) is 36.1 Å². The highest BCUT2D eigenvalue weighted by molar-refractivity contribution is 5.91. The lowest BCUT2D eigenvalue weighted by Gasteiger charge is -2.04. The molecule has 0 radical (unpaired) electrons. The van der Waals surface area contributed by atoms with Crippen LogP contribution in [0.3, 0.4) is 0 Å². The van der Waals surface area contributed by atoms with E-state index in [1.54, 1.807) is 0 Å². The van der Waals surface area contributed by atoms with Crippen LogP contribution in [0.2, 0.25) is 0 Å². The molecule has 4 heteroatoms. The molecule has 1 fully saturated rings. The topological polar surface area (TPSA) is 41.7 Å². The number of pyridine rings is 1. The summed E-state index contributed by atoms with van der Waals surface area (Å²) in [5.74, 6) is 1.78. The smallest absolute Gasteiger partial charge is 0.261 e. The molecule has 4 nitrogen and oxygen atoms in total. The van der Waals surface area contributed by atoms with E-state index in [2.05, 4.69) is 31.8 Å². The molecule has 1 spiro atoms. The highest BCUT2D eigenvalue weighted by Gasteiger charge is 2.52. The molecule has 100 valence electrons. The Morgan fingerprint density at radius 2 is 1.85 bits per heavy atom. The summed E-state index contributed by atoms with van der Waals surface area (Å²) in [6, 6.07) is 4.20. The van der Waals surface area contributed by atoms with Crippen molar-refractivity contribution in [2.24, 2.45) is 0 Å². The molecule has 20 heavy (non-hydrogen) atoms. The third-order valence-electron chi connectivity index (χ3n) is 4.18. The van der Waals surface area contributed by atoms with Crippen LogP contribution < -0.4 is 4.58 Å². The Bertz CT molecular complexity index is 737. The lowest BCUT2D eigenvalue weighted by Crippen LogP contribution is -2.08. The van der Waals surface area contributed by atoms with Gasteiger partial charge in [-0.2, -0.15) is 4.58 Å². The largest absolute Gasteiger partial charge is 0.331 e. The normalized spacial score (nSPS) is 18.1. The summed E-state index contributed by atoms with van der Waals surface area (Å²) in [6.45, 7) is 5.99. The first-order chi connectivity index (χ1) is 9.57. The van der Waals surface area contributed by atoms with Gasteiger partial charge in [-0.3, -0.25) is 4.98 Å². The summed E-state index contributed by atoms with van der Waals surface area (Å²) in [7, 11) is 0. The van der Waals surface area contributed by atoms with Gasteiger partial charge in [0.2, 0.25) is 5.82 Å². The average molecular weight is 265 g/mol. The molecule has 0 aromatic carbocycles. The van der Waals surface area contributed by atoms with Crippen molar-refractivity contribution in [2.75, 3.05) is 0 Å². The minimum Gasteiger partial charge on any atom is -0.261 e. The van der Waals surface area contributed by atoms with Crippen molar-refractivity contribution in [3.8, 4) is 0 Å².